The van der Waals surface area contributed by atoms with Gasteiger partial charge in [-0.1, -0.05) is 6.58 Å². The van der Waals surface area contributed by atoms with Crippen LogP contribution in [0.15, 0.2) is 12.8 Å². The van der Waals surface area contributed by atoms with E-state index in [2.05, 4.69) is 16.8 Å². The van der Waals surface area contributed by atoms with E-state index in [1.807, 2.05) is 13.8 Å². The first-order valence-corrected chi connectivity index (χ1v) is 5.02. The summed E-state index contributed by atoms with van der Waals surface area (Å²) in [5.41, 5.74) is 0. The van der Waals surface area contributed by atoms with Crippen molar-refractivity contribution in [3.63, 3.8) is 0 Å². The summed E-state index contributed by atoms with van der Waals surface area (Å²) < 4.78 is 16.3. The average Bonchev–Trinajstić information content (AvgIpc) is 1.87. The van der Waals surface area contributed by atoms with Gasteiger partial charge in [-0.15, -0.1) is 0 Å². The van der Waals surface area contributed by atoms with Crippen molar-refractivity contribution in [3.8, 4) is 0 Å². The molecule has 1 atom stereocenters. The van der Waals surface area contributed by atoms with Gasteiger partial charge in [-0.3, -0.25) is 0 Å². The molecule has 0 saturated heterocycles. The molecule has 0 fully saturated rings. The van der Waals surface area contributed by atoms with Crippen molar-refractivity contribution in [2.45, 2.75) is 19.9 Å². The Hall–Kier alpha value is -0.310. The summed E-state index contributed by atoms with van der Waals surface area (Å²) in [6.45, 7) is 7.10. The molecule has 5 heteroatoms. The zero-order chi connectivity index (χ0) is 8.91. The van der Waals surface area contributed by atoms with Crippen LogP contribution in [0.5, 0.6) is 0 Å². The lowest BCUT2D eigenvalue weighted by Crippen LogP contribution is -2.26. The Morgan fingerprint density at radius 3 is 2.45 bits per heavy atom. The zero-order valence-electron chi connectivity index (χ0n) is 7.13. The molecular formula is C6H15N2O2P. The van der Waals surface area contributed by atoms with E-state index in [0.29, 0.717) is 0 Å². The molecule has 0 rings (SSSR count). The minimum Gasteiger partial charge on any atom is -0.431 e. The molecule has 0 amide bonds. The average molecular weight is 178 g/mol. The van der Waals surface area contributed by atoms with Crippen LogP contribution in [-0.2, 0) is 9.09 Å². The van der Waals surface area contributed by atoms with Crippen LogP contribution in [0.4, 0.5) is 0 Å². The van der Waals surface area contributed by atoms with Gasteiger partial charge in [0, 0.05) is 6.04 Å². The maximum absolute atomic E-state index is 11.5. The number of hydrogen-bond donors (Lipinski definition) is 2. The van der Waals surface area contributed by atoms with Gasteiger partial charge in [-0.2, -0.15) is 0 Å². The molecule has 0 aromatic carbocycles. The Labute approximate surface area is 67.6 Å². The van der Waals surface area contributed by atoms with Crippen molar-refractivity contribution in [1.82, 2.24) is 10.2 Å². The summed E-state index contributed by atoms with van der Waals surface area (Å²) >= 11 is 0. The molecule has 0 bridgehead atoms. The van der Waals surface area contributed by atoms with Gasteiger partial charge in [-0.25, -0.2) is 14.7 Å². The normalized spacial score (nSPS) is 16.0. The molecule has 0 saturated carbocycles. The lowest BCUT2D eigenvalue weighted by Gasteiger charge is -2.18. The molecular weight excluding hydrogens is 163 g/mol. The molecule has 0 aliphatic rings. The monoisotopic (exact) mass is 178 g/mol. The highest BCUT2D eigenvalue weighted by Crippen LogP contribution is 2.36. The standard InChI is InChI=1S/C6H15N2O2P/c1-5-10-11(9,7-4)8-6(2)3/h5-6H,1H2,2-4H3,(H2,7,8,9). The van der Waals surface area contributed by atoms with E-state index in [1.54, 1.807) is 7.05 Å². The first kappa shape index (κ1) is 10.7. The molecule has 0 heterocycles. The summed E-state index contributed by atoms with van der Waals surface area (Å²) in [6, 6.07) is 0.105. The topological polar surface area (TPSA) is 50.4 Å². The van der Waals surface area contributed by atoms with Gasteiger partial charge in [0.25, 0.3) is 0 Å². The molecule has 0 aromatic rings. The van der Waals surface area contributed by atoms with E-state index in [1.165, 1.54) is 0 Å². The first-order valence-electron chi connectivity index (χ1n) is 3.40. The fourth-order valence-corrected chi connectivity index (χ4v) is 1.78. The van der Waals surface area contributed by atoms with E-state index in [4.69, 9.17) is 4.52 Å². The van der Waals surface area contributed by atoms with Crippen molar-refractivity contribution < 1.29 is 9.09 Å². The van der Waals surface area contributed by atoms with Gasteiger partial charge in [0.05, 0.1) is 6.26 Å². The maximum Gasteiger partial charge on any atom is 0.389 e. The number of nitrogens with one attached hydrogen (secondary N) is 2. The van der Waals surface area contributed by atoms with Crippen LogP contribution in [0, 0.1) is 0 Å². The predicted molar refractivity (Wildman–Crippen MR) is 46.2 cm³/mol. The van der Waals surface area contributed by atoms with Crippen LogP contribution in [0.2, 0.25) is 0 Å². The minimum atomic E-state index is -2.87. The molecule has 0 aromatic heterocycles. The SMILES string of the molecule is C=COP(=O)(NC)NC(C)C. The van der Waals surface area contributed by atoms with E-state index in [-0.39, 0.29) is 6.04 Å². The highest BCUT2D eigenvalue weighted by atomic mass is 31.2. The smallest absolute Gasteiger partial charge is 0.389 e. The molecule has 66 valence electrons. The lowest BCUT2D eigenvalue weighted by atomic mass is 10.4. The van der Waals surface area contributed by atoms with Crippen molar-refractivity contribution >= 4 is 7.67 Å². The van der Waals surface area contributed by atoms with Gasteiger partial charge < -0.3 is 4.52 Å². The molecule has 0 aliphatic heterocycles. The van der Waals surface area contributed by atoms with Gasteiger partial charge >= 0.3 is 7.67 Å². The Morgan fingerprint density at radius 2 is 2.18 bits per heavy atom. The third-order valence-corrected chi connectivity index (χ3v) is 2.84. The maximum atomic E-state index is 11.5. The summed E-state index contributed by atoms with van der Waals surface area (Å²) in [5, 5.41) is 5.32. The minimum absolute atomic E-state index is 0.105. The highest BCUT2D eigenvalue weighted by Gasteiger charge is 2.20. The fourth-order valence-electron chi connectivity index (χ4n) is 0.593. The van der Waals surface area contributed by atoms with Crippen molar-refractivity contribution in [2.24, 2.45) is 0 Å². The molecule has 0 aliphatic carbocycles. The predicted octanol–water partition coefficient (Wildman–Crippen LogP) is 1.47. The van der Waals surface area contributed by atoms with E-state index < -0.39 is 7.67 Å². The number of rotatable bonds is 5. The summed E-state index contributed by atoms with van der Waals surface area (Å²) in [5.74, 6) is 0. The second kappa shape index (κ2) is 4.54. The highest BCUT2D eigenvalue weighted by molar-refractivity contribution is 7.54. The van der Waals surface area contributed by atoms with E-state index in [0.717, 1.165) is 6.26 Å². The van der Waals surface area contributed by atoms with Crippen LogP contribution < -0.4 is 10.2 Å². The third-order valence-electron chi connectivity index (χ3n) is 0.946. The second-order valence-corrected chi connectivity index (χ2v) is 4.35. The molecule has 11 heavy (non-hydrogen) atoms. The largest absolute Gasteiger partial charge is 0.431 e. The summed E-state index contributed by atoms with van der Waals surface area (Å²) in [4.78, 5) is 0. The van der Waals surface area contributed by atoms with Crippen molar-refractivity contribution in [1.29, 1.82) is 0 Å². The molecule has 1 unspecified atom stereocenters. The number of hydrogen-bond acceptors (Lipinski definition) is 2. The quantitative estimate of drug-likeness (QED) is 0.494. The van der Waals surface area contributed by atoms with Gasteiger partial charge in [0.1, 0.15) is 0 Å². The molecule has 0 spiro atoms. The zero-order valence-corrected chi connectivity index (χ0v) is 8.02. The Balaban J connectivity index is 4.10. The van der Waals surface area contributed by atoms with E-state index in [9.17, 15) is 4.57 Å². The first-order chi connectivity index (χ1) is 5.04. The summed E-state index contributed by atoms with van der Waals surface area (Å²) in [7, 11) is -1.31. The van der Waals surface area contributed by atoms with Gasteiger partial charge in [0.15, 0.2) is 0 Å². The van der Waals surface area contributed by atoms with Gasteiger partial charge in [-0.05, 0) is 20.9 Å². The third kappa shape index (κ3) is 4.19. The van der Waals surface area contributed by atoms with E-state index >= 15 is 0 Å². The van der Waals surface area contributed by atoms with Crippen LogP contribution in [0.25, 0.3) is 0 Å². The molecule has 2 N–H and O–H groups in total. The van der Waals surface area contributed by atoms with Crippen LogP contribution in [0.1, 0.15) is 13.8 Å². The van der Waals surface area contributed by atoms with Crippen molar-refractivity contribution in [3.05, 3.63) is 12.8 Å². The van der Waals surface area contributed by atoms with Crippen LogP contribution in [0.3, 0.4) is 0 Å². The Morgan fingerprint density at radius 1 is 1.64 bits per heavy atom. The van der Waals surface area contributed by atoms with Crippen LogP contribution >= 0.6 is 7.67 Å². The Kier molecular flexibility index (Phi) is 4.42. The fraction of sp³-hybridized carbons (Fsp3) is 0.667. The van der Waals surface area contributed by atoms with Gasteiger partial charge in [0.2, 0.25) is 0 Å². The van der Waals surface area contributed by atoms with Crippen molar-refractivity contribution in [2.75, 3.05) is 7.05 Å². The molecule has 0 radical (unpaired) electrons. The molecule has 4 nitrogen and oxygen atoms in total. The van der Waals surface area contributed by atoms with Crippen LogP contribution in [-0.4, -0.2) is 13.1 Å². The lowest BCUT2D eigenvalue weighted by molar-refractivity contribution is 0.411. The summed E-state index contributed by atoms with van der Waals surface area (Å²) in [6.07, 6.45) is 1.16. The Bertz CT molecular complexity index is 170. The second-order valence-electron chi connectivity index (χ2n) is 2.33.